The molecule has 0 fully saturated rings. The number of allylic oxidation sites excluding steroid dienone is 1. The lowest BCUT2D eigenvalue weighted by molar-refractivity contribution is -0.128. The Morgan fingerprint density at radius 1 is 1.17 bits per heavy atom. The molecule has 0 aliphatic carbocycles. The molecule has 0 saturated heterocycles. The maximum absolute atomic E-state index is 11.0. The summed E-state index contributed by atoms with van der Waals surface area (Å²) < 4.78 is 0. The molecule has 1 unspecified atom stereocenters. The molecule has 0 spiro atoms. The third-order valence-electron chi connectivity index (χ3n) is 2.49. The third-order valence-corrected chi connectivity index (χ3v) is 2.49. The fourth-order valence-corrected chi connectivity index (χ4v) is 0.981. The van der Waals surface area contributed by atoms with Crippen LogP contribution in [0.25, 0.3) is 0 Å². The first-order chi connectivity index (χ1) is 5.37. The molecule has 2 heteroatoms. The zero-order valence-corrected chi connectivity index (χ0v) is 8.93. The van der Waals surface area contributed by atoms with E-state index in [1.165, 1.54) is 11.1 Å². The predicted octanol–water partition coefficient (Wildman–Crippen LogP) is 2.21. The van der Waals surface area contributed by atoms with E-state index >= 15 is 0 Å². The third kappa shape index (κ3) is 2.68. The second-order valence-corrected chi connectivity index (χ2v) is 3.49. The minimum Gasteiger partial charge on any atom is -0.340 e. The highest BCUT2D eigenvalue weighted by molar-refractivity contribution is 5.73. The average molecular weight is 169 g/mol. The summed E-state index contributed by atoms with van der Waals surface area (Å²) >= 11 is 0. The summed E-state index contributed by atoms with van der Waals surface area (Å²) in [6, 6.07) is 0.215. The summed E-state index contributed by atoms with van der Waals surface area (Å²) in [6.45, 7) is 9.84. The minimum absolute atomic E-state index is 0.114. The lowest BCUT2D eigenvalue weighted by atomic mass is 10.1. The highest BCUT2D eigenvalue weighted by Gasteiger charge is 2.13. The maximum atomic E-state index is 11.0. The number of hydrogen-bond acceptors (Lipinski definition) is 1. The fraction of sp³-hybridized carbons (Fsp3) is 0.700. The van der Waals surface area contributed by atoms with Gasteiger partial charge in [0.1, 0.15) is 0 Å². The van der Waals surface area contributed by atoms with Crippen molar-refractivity contribution in [1.82, 2.24) is 4.90 Å². The molecule has 0 rings (SSSR count). The molecule has 0 aromatic rings. The molecule has 1 atom stereocenters. The van der Waals surface area contributed by atoms with Crippen LogP contribution >= 0.6 is 0 Å². The Balaban J connectivity index is 4.50. The van der Waals surface area contributed by atoms with Crippen LogP contribution < -0.4 is 0 Å². The Labute approximate surface area is 75.3 Å². The van der Waals surface area contributed by atoms with Gasteiger partial charge in [0.25, 0.3) is 0 Å². The molecule has 0 saturated carbocycles. The number of likely N-dealkylation sites (N-methyl/N-ethyl adjacent to an activating group) is 1. The maximum Gasteiger partial charge on any atom is 0.219 e. The molecule has 0 aromatic carbocycles. The van der Waals surface area contributed by atoms with Crippen molar-refractivity contribution in [2.45, 2.75) is 40.7 Å². The first-order valence-corrected chi connectivity index (χ1v) is 4.25. The second kappa shape index (κ2) is 4.29. The molecule has 1 amide bonds. The van der Waals surface area contributed by atoms with Crippen LogP contribution in [-0.2, 0) is 4.79 Å². The Hall–Kier alpha value is -0.790. The number of carbonyl (C=O) groups excluding carboxylic acids is 1. The van der Waals surface area contributed by atoms with Crippen LogP contribution in [0.4, 0.5) is 0 Å². The Kier molecular flexibility index (Phi) is 4.01. The van der Waals surface area contributed by atoms with Crippen molar-refractivity contribution >= 4 is 5.91 Å². The van der Waals surface area contributed by atoms with Crippen LogP contribution in [0.15, 0.2) is 11.1 Å². The van der Waals surface area contributed by atoms with Gasteiger partial charge in [0, 0.05) is 20.0 Å². The first kappa shape index (κ1) is 11.2. The molecular formula is C10H19NO. The minimum atomic E-state index is 0.114. The van der Waals surface area contributed by atoms with Crippen molar-refractivity contribution in [3.63, 3.8) is 0 Å². The van der Waals surface area contributed by atoms with Crippen molar-refractivity contribution in [3.8, 4) is 0 Å². The molecule has 12 heavy (non-hydrogen) atoms. The average Bonchev–Trinajstić information content (AvgIpc) is 2.00. The number of carbonyl (C=O) groups is 1. The van der Waals surface area contributed by atoms with Crippen LogP contribution in [-0.4, -0.2) is 23.9 Å². The number of rotatable bonds is 2. The Bertz CT molecular complexity index is 202. The largest absolute Gasteiger partial charge is 0.340 e. The summed E-state index contributed by atoms with van der Waals surface area (Å²) in [7, 11) is 1.83. The van der Waals surface area contributed by atoms with Crippen LogP contribution in [0.1, 0.15) is 34.6 Å². The summed E-state index contributed by atoms with van der Waals surface area (Å²) in [5, 5.41) is 0. The molecule has 0 radical (unpaired) electrons. The van der Waals surface area contributed by atoms with Crippen LogP contribution in [0.2, 0.25) is 0 Å². The topological polar surface area (TPSA) is 20.3 Å². The van der Waals surface area contributed by atoms with Crippen molar-refractivity contribution in [2.75, 3.05) is 7.05 Å². The highest BCUT2D eigenvalue weighted by Crippen LogP contribution is 2.12. The van der Waals surface area contributed by atoms with Crippen molar-refractivity contribution in [3.05, 3.63) is 11.1 Å². The van der Waals surface area contributed by atoms with E-state index in [2.05, 4.69) is 20.8 Å². The Morgan fingerprint density at radius 2 is 1.58 bits per heavy atom. The van der Waals surface area contributed by atoms with E-state index in [1.54, 1.807) is 11.8 Å². The van der Waals surface area contributed by atoms with E-state index in [4.69, 9.17) is 0 Å². The molecular weight excluding hydrogens is 150 g/mol. The lowest BCUT2D eigenvalue weighted by Crippen LogP contribution is -2.34. The molecule has 0 bridgehead atoms. The number of amides is 1. The van der Waals surface area contributed by atoms with E-state index in [1.807, 2.05) is 14.0 Å². The molecule has 0 N–H and O–H groups in total. The molecule has 0 aliphatic heterocycles. The molecule has 70 valence electrons. The fourth-order valence-electron chi connectivity index (χ4n) is 0.981. The van der Waals surface area contributed by atoms with E-state index in [-0.39, 0.29) is 11.9 Å². The summed E-state index contributed by atoms with van der Waals surface area (Å²) in [4.78, 5) is 12.8. The summed E-state index contributed by atoms with van der Waals surface area (Å²) in [6.07, 6.45) is 0. The van der Waals surface area contributed by atoms with Gasteiger partial charge in [-0.2, -0.15) is 0 Å². The van der Waals surface area contributed by atoms with E-state index < -0.39 is 0 Å². The second-order valence-electron chi connectivity index (χ2n) is 3.49. The van der Waals surface area contributed by atoms with Crippen molar-refractivity contribution in [2.24, 2.45) is 0 Å². The summed E-state index contributed by atoms with van der Waals surface area (Å²) in [5.74, 6) is 0.114. The van der Waals surface area contributed by atoms with Gasteiger partial charge in [0.2, 0.25) is 5.91 Å². The van der Waals surface area contributed by atoms with Gasteiger partial charge >= 0.3 is 0 Å². The van der Waals surface area contributed by atoms with Crippen LogP contribution in [0.5, 0.6) is 0 Å². The van der Waals surface area contributed by atoms with Gasteiger partial charge in [-0.1, -0.05) is 11.1 Å². The SMILES string of the molecule is CC(=O)N(C)C(C)C(C)=C(C)C. The van der Waals surface area contributed by atoms with Gasteiger partial charge in [0.15, 0.2) is 0 Å². The lowest BCUT2D eigenvalue weighted by Gasteiger charge is -2.25. The van der Waals surface area contributed by atoms with Gasteiger partial charge in [-0.25, -0.2) is 0 Å². The highest BCUT2D eigenvalue weighted by atomic mass is 16.2. The van der Waals surface area contributed by atoms with Crippen LogP contribution in [0, 0.1) is 0 Å². The quantitative estimate of drug-likeness (QED) is 0.580. The molecule has 0 heterocycles. The van der Waals surface area contributed by atoms with Crippen molar-refractivity contribution in [1.29, 1.82) is 0 Å². The van der Waals surface area contributed by atoms with Gasteiger partial charge in [-0.3, -0.25) is 4.79 Å². The van der Waals surface area contributed by atoms with E-state index in [0.717, 1.165) is 0 Å². The van der Waals surface area contributed by atoms with Gasteiger partial charge in [-0.15, -0.1) is 0 Å². The van der Waals surface area contributed by atoms with Gasteiger partial charge in [0.05, 0.1) is 0 Å². The zero-order valence-electron chi connectivity index (χ0n) is 8.93. The molecule has 0 aromatic heterocycles. The van der Waals surface area contributed by atoms with Crippen LogP contribution in [0.3, 0.4) is 0 Å². The van der Waals surface area contributed by atoms with E-state index in [0.29, 0.717) is 0 Å². The summed E-state index contributed by atoms with van der Waals surface area (Å²) in [5.41, 5.74) is 2.56. The monoisotopic (exact) mass is 169 g/mol. The normalized spacial score (nSPS) is 12.2. The van der Waals surface area contributed by atoms with E-state index in [9.17, 15) is 4.79 Å². The standard InChI is InChI=1S/C10H19NO/c1-7(2)8(3)9(4)11(6)10(5)12/h9H,1-6H3. The smallest absolute Gasteiger partial charge is 0.219 e. The molecule has 2 nitrogen and oxygen atoms in total. The predicted molar refractivity (Wildman–Crippen MR) is 52.0 cm³/mol. The Morgan fingerprint density at radius 3 is 1.83 bits per heavy atom. The van der Waals surface area contributed by atoms with Gasteiger partial charge < -0.3 is 4.90 Å². The molecule has 0 aliphatic rings. The van der Waals surface area contributed by atoms with Gasteiger partial charge in [-0.05, 0) is 27.7 Å². The number of hydrogen-bond donors (Lipinski definition) is 0. The van der Waals surface area contributed by atoms with Crippen molar-refractivity contribution < 1.29 is 4.79 Å². The zero-order chi connectivity index (χ0) is 9.89. The number of nitrogens with zero attached hydrogens (tertiary/aromatic N) is 1. The first-order valence-electron chi connectivity index (χ1n) is 4.25.